The van der Waals surface area contributed by atoms with Crippen LogP contribution in [-0.4, -0.2) is 16.8 Å². The molecule has 1 aliphatic heterocycles. The lowest BCUT2D eigenvalue weighted by Crippen LogP contribution is -2.54. The maximum absolute atomic E-state index is 12.9. The Kier molecular flexibility index (Phi) is 5.39. The number of aryl methyl sites for hydroxylation is 1. The van der Waals surface area contributed by atoms with Gasteiger partial charge in [-0.05, 0) is 86.7 Å². The van der Waals surface area contributed by atoms with Crippen LogP contribution in [0.5, 0.6) is 0 Å². The number of nitrogens with zero attached hydrogens (tertiary/aromatic N) is 1. The van der Waals surface area contributed by atoms with E-state index in [0.29, 0.717) is 42.3 Å². The number of fused-ring (bicyclic) bond motifs is 5. The average molecular weight is 456 g/mol. The van der Waals surface area contributed by atoms with Crippen LogP contribution in [0.3, 0.4) is 0 Å². The van der Waals surface area contributed by atoms with E-state index in [-0.39, 0.29) is 22.6 Å². The Balaban J connectivity index is 1.33. The predicted molar refractivity (Wildman–Crippen MR) is 126 cm³/mol. The van der Waals surface area contributed by atoms with Gasteiger partial charge in [0, 0.05) is 34.7 Å². The molecule has 3 fully saturated rings. The molecular formula is C26H34ClN3O2. The van der Waals surface area contributed by atoms with Gasteiger partial charge in [0.25, 0.3) is 0 Å². The first-order valence-electron chi connectivity index (χ1n) is 12.1. The van der Waals surface area contributed by atoms with Crippen LogP contribution in [0.4, 0.5) is 5.82 Å². The molecule has 1 aromatic heterocycles. The Bertz CT molecular complexity index is 991. The summed E-state index contributed by atoms with van der Waals surface area (Å²) in [5.74, 6) is 2.89. The Morgan fingerprint density at radius 2 is 2.03 bits per heavy atom. The normalized spacial score (nSPS) is 38.4. The molecule has 2 N–H and O–H groups in total. The maximum Gasteiger partial charge on any atom is 0.225 e. The van der Waals surface area contributed by atoms with Crippen molar-refractivity contribution in [3.05, 3.63) is 34.6 Å². The van der Waals surface area contributed by atoms with Crippen molar-refractivity contribution in [3.63, 3.8) is 0 Å². The molecule has 0 aromatic carbocycles. The monoisotopic (exact) mass is 455 g/mol. The number of nitrogens with one attached hydrogen (secondary N) is 2. The SMILES string of the molecule is Cc1cccc(NC(=O)C[C@H]2CC[C@H]3C4CC(Cl)=C5NC(=O)CC[C@]5(C)C4CC[C@]23C)n1. The number of rotatable bonds is 3. The first-order valence-corrected chi connectivity index (χ1v) is 12.5. The summed E-state index contributed by atoms with van der Waals surface area (Å²) in [5, 5.41) is 7.00. The van der Waals surface area contributed by atoms with E-state index in [4.69, 9.17) is 11.6 Å². The van der Waals surface area contributed by atoms with Gasteiger partial charge in [-0.25, -0.2) is 4.98 Å². The molecule has 32 heavy (non-hydrogen) atoms. The summed E-state index contributed by atoms with van der Waals surface area (Å²) in [6, 6.07) is 5.71. The highest BCUT2D eigenvalue weighted by Crippen LogP contribution is 2.66. The Morgan fingerprint density at radius 3 is 2.81 bits per heavy atom. The molecule has 6 heteroatoms. The molecule has 0 radical (unpaired) electrons. The van der Waals surface area contributed by atoms with Crippen LogP contribution in [0.2, 0.25) is 0 Å². The van der Waals surface area contributed by atoms with Crippen LogP contribution in [0.1, 0.15) is 70.9 Å². The van der Waals surface area contributed by atoms with E-state index >= 15 is 0 Å². The molecule has 0 spiro atoms. The molecule has 172 valence electrons. The Morgan fingerprint density at radius 1 is 1.22 bits per heavy atom. The summed E-state index contributed by atoms with van der Waals surface area (Å²) in [7, 11) is 0. The fraction of sp³-hybridized carbons (Fsp3) is 0.654. The number of hydrogen-bond donors (Lipinski definition) is 2. The van der Waals surface area contributed by atoms with E-state index < -0.39 is 0 Å². The molecule has 5 rings (SSSR count). The highest BCUT2D eigenvalue weighted by molar-refractivity contribution is 6.30. The highest BCUT2D eigenvalue weighted by Gasteiger charge is 2.59. The zero-order valence-corrected chi connectivity index (χ0v) is 20.1. The quantitative estimate of drug-likeness (QED) is 0.627. The summed E-state index contributed by atoms with van der Waals surface area (Å²) in [6.45, 7) is 6.67. The summed E-state index contributed by atoms with van der Waals surface area (Å²) >= 11 is 6.82. The maximum atomic E-state index is 12.9. The lowest BCUT2D eigenvalue weighted by molar-refractivity contribution is -0.125. The van der Waals surface area contributed by atoms with Gasteiger partial charge in [-0.2, -0.15) is 0 Å². The largest absolute Gasteiger partial charge is 0.328 e. The smallest absolute Gasteiger partial charge is 0.225 e. The van der Waals surface area contributed by atoms with Crippen LogP contribution >= 0.6 is 11.6 Å². The van der Waals surface area contributed by atoms with Gasteiger partial charge in [0.05, 0.1) is 0 Å². The summed E-state index contributed by atoms with van der Waals surface area (Å²) < 4.78 is 0. The second-order valence-electron chi connectivity index (χ2n) is 11.1. The van der Waals surface area contributed by atoms with E-state index in [1.807, 2.05) is 25.1 Å². The van der Waals surface area contributed by atoms with Crippen molar-refractivity contribution in [2.24, 2.45) is 34.5 Å². The highest BCUT2D eigenvalue weighted by atomic mass is 35.5. The molecular weight excluding hydrogens is 422 g/mol. The van der Waals surface area contributed by atoms with Crippen molar-refractivity contribution in [3.8, 4) is 0 Å². The second kappa shape index (κ2) is 7.86. The molecule has 6 atom stereocenters. The minimum atomic E-state index is -0.0262. The van der Waals surface area contributed by atoms with Gasteiger partial charge in [-0.1, -0.05) is 31.5 Å². The number of carbonyl (C=O) groups excluding carboxylic acids is 2. The molecule has 2 amide bonds. The number of allylic oxidation sites excluding steroid dienone is 2. The van der Waals surface area contributed by atoms with Crippen molar-refractivity contribution >= 4 is 29.2 Å². The molecule has 0 bridgehead atoms. The number of amides is 2. The van der Waals surface area contributed by atoms with Crippen molar-refractivity contribution < 1.29 is 9.59 Å². The lowest BCUT2D eigenvalue weighted by atomic mass is 9.49. The summed E-state index contributed by atoms with van der Waals surface area (Å²) in [4.78, 5) is 29.3. The van der Waals surface area contributed by atoms with Gasteiger partial charge in [-0.3, -0.25) is 9.59 Å². The zero-order valence-electron chi connectivity index (χ0n) is 19.3. The van der Waals surface area contributed by atoms with Crippen molar-refractivity contribution in [2.45, 2.75) is 72.1 Å². The van der Waals surface area contributed by atoms with Gasteiger partial charge < -0.3 is 10.6 Å². The van der Waals surface area contributed by atoms with E-state index in [9.17, 15) is 9.59 Å². The number of piperidine rings is 1. The minimum Gasteiger partial charge on any atom is -0.328 e. The van der Waals surface area contributed by atoms with E-state index in [1.165, 1.54) is 6.42 Å². The van der Waals surface area contributed by atoms with E-state index in [0.717, 1.165) is 48.5 Å². The fourth-order valence-corrected chi connectivity index (χ4v) is 8.18. The van der Waals surface area contributed by atoms with Crippen LogP contribution in [0, 0.1) is 41.4 Å². The van der Waals surface area contributed by atoms with Crippen LogP contribution in [0.15, 0.2) is 28.9 Å². The fourth-order valence-electron chi connectivity index (χ4n) is 7.74. The third kappa shape index (κ3) is 3.48. The zero-order chi connectivity index (χ0) is 22.7. The molecule has 1 aromatic rings. The molecule has 2 saturated carbocycles. The number of hydrogen-bond acceptors (Lipinski definition) is 3. The third-order valence-corrected chi connectivity index (χ3v) is 9.78. The van der Waals surface area contributed by atoms with Gasteiger partial charge in [0.1, 0.15) is 5.82 Å². The van der Waals surface area contributed by atoms with Crippen LogP contribution in [0.25, 0.3) is 0 Å². The summed E-state index contributed by atoms with van der Waals surface area (Å²) in [6.07, 6.45) is 7.46. The first-order chi connectivity index (χ1) is 15.2. The van der Waals surface area contributed by atoms with Crippen LogP contribution < -0.4 is 10.6 Å². The van der Waals surface area contributed by atoms with Gasteiger partial charge >= 0.3 is 0 Å². The molecule has 5 nitrogen and oxygen atoms in total. The van der Waals surface area contributed by atoms with Gasteiger partial charge in [0.15, 0.2) is 0 Å². The van der Waals surface area contributed by atoms with Crippen molar-refractivity contribution in [2.75, 3.05) is 5.32 Å². The Labute approximate surface area is 195 Å². The number of halogens is 1. The molecule has 2 heterocycles. The molecule has 3 aliphatic carbocycles. The number of aromatic nitrogens is 1. The first kappa shape index (κ1) is 21.9. The molecule has 2 unspecified atom stereocenters. The van der Waals surface area contributed by atoms with Crippen LogP contribution in [-0.2, 0) is 9.59 Å². The molecule has 4 aliphatic rings. The second-order valence-corrected chi connectivity index (χ2v) is 11.5. The predicted octanol–water partition coefficient (Wildman–Crippen LogP) is 5.55. The molecule has 1 saturated heterocycles. The van der Waals surface area contributed by atoms with Gasteiger partial charge in [-0.15, -0.1) is 0 Å². The van der Waals surface area contributed by atoms with E-state index in [2.05, 4.69) is 29.5 Å². The van der Waals surface area contributed by atoms with Crippen molar-refractivity contribution in [1.82, 2.24) is 10.3 Å². The minimum absolute atomic E-state index is 0.0262. The Hall–Kier alpha value is -1.88. The lowest BCUT2D eigenvalue weighted by Gasteiger charge is -2.57. The standard InChI is InChI=1S/C26H34ClN3O2/c1-15-5-4-6-21(28-15)29-23(32)13-16-7-8-18-17-14-20(27)24-26(3,12-10-22(31)30-24)19(17)9-11-25(16,18)2/h4-6,16-19H,7-14H2,1-3H3,(H,30,31)(H,28,29,32)/t16-,17?,18+,19?,25-,26-/m1/s1. The third-order valence-electron chi connectivity index (χ3n) is 9.43. The van der Waals surface area contributed by atoms with Gasteiger partial charge in [0.2, 0.25) is 11.8 Å². The average Bonchev–Trinajstić information content (AvgIpc) is 3.06. The number of anilines is 1. The number of pyridine rings is 1. The topological polar surface area (TPSA) is 71.1 Å². The van der Waals surface area contributed by atoms with Crippen molar-refractivity contribution in [1.29, 1.82) is 0 Å². The number of carbonyl (C=O) groups is 2. The summed E-state index contributed by atoms with van der Waals surface area (Å²) in [5.41, 5.74) is 2.05. The van der Waals surface area contributed by atoms with E-state index in [1.54, 1.807) is 0 Å².